The van der Waals surface area contributed by atoms with Gasteiger partial charge in [0, 0.05) is 17.1 Å². The Hall–Kier alpha value is -1.90. The van der Waals surface area contributed by atoms with E-state index in [1.807, 2.05) is 37.3 Å². The van der Waals surface area contributed by atoms with E-state index in [2.05, 4.69) is 0 Å². The molecular formula is C18H22O3. The van der Waals surface area contributed by atoms with E-state index >= 15 is 0 Å². The second kappa shape index (κ2) is 7.21. The molecule has 1 fully saturated rings. The van der Waals surface area contributed by atoms with E-state index < -0.39 is 0 Å². The fraction of sp³-hybridized carbons (Fsp3) is 0.444. The SMILES string of the molecule is CCOC(=O)C(C)=C1CCCC(C(=O)c2ccccc2)C1. The number of ketones is 1. The summed E-state index contributed by atoms with van der Waals surface area (Å²) in [6.45, 7) is 4.00. The molecule has 1 saturated carbocycles. The number of hydrogen-bond donors (Lipinski definition) is 0. The molecule has 0 heterocycles. The van der Waals surface area contributed by atoms with E-state index in [9.17, 15) is 9.59 Å². The van der Waals surface area contributed by atoms with E-state index in [0.717, 1.165) is 30.4 Å². The van der Waals surface area contributed by atoms with Crippen molar-refractivity contribution in [3.63, 3.8) is 0 Å². The Kier molecular flexibility index (Phi) is 5.32. The summed E-state index contributed by atoms with van der Waals surface area (Å²) in [4.78, 5) is 24.3. The lowest BCUT2D eigenvalue weighted by Crippen LogP contribution is -2.21. The summed E-state index contributed by atoms with van der Waals surface area (Å²) in [7, 11) is 0. The summed E-state index contributed by atoms with van der Waals surface area (Å²) < 4.78 is 5.06. The van der Waals surface area contributed by atoms with E-state index in [1.165, 1.54) is 0 Å². The Labute approximate surface area is 126 Å². The highest BCUT2D eigenvalue weighted by atomic mass is 16.5. The molecule has 0 amide bonds. The fourth-order valence-electron chi connectivity index (χ4n) is 2.85. The summed E-state index contributed by atoms with van der Waals surface area (Å²) in [5.41, 5.74) is 2.52. The Morgan fingerprint density at radius 1 is 1.24 bits per heavy atom. The van der Waals surface area contributed by atoms with Gasteiger partial charge in [-0.15, -0.1) is 0 Å². The highest BCUT2D eigenvalue weighted by Gasteiger charge is 2.26. The molecule has 0 bridgehead atoms. The van der Waals surface area contributed by atoms with Crippen molar-refractivity contribution in [2.45, 2.75) is 39.5 Å². The standard InChI is InChI=1S/C18H22O3/c1-3-21-18(20)13(2)15-10-7-11-16(12-15)17(19)14-8-5-4-6-9-14/h4-6,8-9,16H,3,7,10-12H2,1-2H3. The first-order chi connectivity index (χ1) is 10.1. The Morgan fingerprint density at radius 2 is 1.95 bits per heavy atom. The minimum atomic E-state index is -0.250. The number of allylic oxidation sites excluding steroid dienone is 1. The molecule has 1 aromatic rings. The van der Waals surface area contributed by atoms with Crippen molar-refractivity contribution in [1.82, 2.24) is 0 Å². The van der Waals surface area contributed by atoms with Gasteiger partial charge in [0.1, 0.15) is 0 Å². The number of rotatable bonds is 4. The molecule has 3 nitrogen and oxygen atoms in total. The molecule has 3 heteroatoms. The maximum Gasteiger partial charge on any atom is 0.333 e. The molecule has 112 valence electrons. The number of carbonyl (C=O) groups excluding carboxylic acids is 2. The lowest BCUT2D eigenvalue weighted by atomic mass is 9.79. The van der Waals surface area contributed by atoms with Crippen molar-refractivity contribution >= 4 is 11.8 Å². The fourth-order valence-corrected chi connectivity index (χ4v) is 2.85. The molecule has 1 aliphatic rings. The number of hydrogen-bond acceptors (Lipinski definition) is 3. The van der Waals surface area contributed by atoms with E-state index in [4.69, 9.17) is 4.74 Å². The van der Waals surface area contributed by atoms with Gasteiger partial charge in [0.25, 0.3) is 0 Å². The van der Waals surface area contributed by atoms with Crippen molar-refractivity contribution in [3.8, 4) is 0 Å². The minimum Gasteiger partial charge on any atom is -0.463 e. The summed E-state index contributed by atoms with van der Waals surface area (Å²) in [5.74, 6) is -0.0784. The number of benzene rings is 1. The largest absolute Gasteiger partial charge is 0.463 e. The predicted molar refractivity (Wildman–Crippen MR) is 82.1 cm³/mol. The zero-order valence-corrected chi connectivity index (χ0v) is 12.7. The maximum absolute atomic E-state index is 12.5. The van der Waals surface area contributed by atoms with Gasteiger partial charge < -0.3 is 4.74 Å². The van der Waals surface area contributed by atoms with Gasteiger partial charge in [-0.3, -0.25) is 4.79 Å². The first-order valence-electron chi connectivity index (χ1n) is 7.58. The molecule has 1 aliphatic carbocycles. The highest BCUT2D eigenvalue weighted by Crippen LogP contribution is 2.33. The lowest BCUT2D eigenvalue weighted by Gasteiger charge is -2.24. The first-order valence-corrected chi connectivity index (χ1v) is 7.58. The average molecular weight is 286 g/mol. The maximum atomic E-state index is 12.5. The van der Waals surface area contributed by atoms with Crippen LogP contribution in [0.4, 0.5) is 0 Å². The summed E-state index contributed by atoms with van der Waals surface area (Å²) >= 11 is 0. The summed E-state index contributed by atoms with van der Waals surface area (Å²) in [5, 5.41) is 0. The van der Waals surface area contributed by atoms with Crippen LogP contribution >= 0.6 is 0 Å². The summed E-state index contributed by atoms with van der Waals surface area (Å²) in [6.07, 6.45) is 3.42. The first kappa shape index (κ1) is 15.5. The van der Waals surface area contributed by atoms with Gasteiger partial charge in [-0.25, -0.2) is 4.79 Å². The molecule has 0 aromatic heterocycles. The van der Waals surface area contributed by atoms with Crippen molar-refractivity contribution in [1.29, 1.82) is 0 Å². The monoisotopic (exact) mass is 286 g/mol. The van der Waals surface area contributed by atoms with Gasteiger partial charge in [0.2, 0.25) is 0 Å². The van der Waals surface area contributed by atoms with Gasteiger partial charge in [0.05, 0.1) is 6.61 Å². The quantitative estimate of drug-likeness (QED) is 0.478. The van der Waals surface area contributed by atoms with E-state index in [1.54, 1.807) is 6.92 Å². The molecule has 2 rings (SSSR count). The number of esters is 1. The Balaban J connectivity index is 2.12. The van der Waals surface area contributed by atoms with Gasteiger partial charge in [-0.1, -0.05) is 35.9 Å². The van der Waals surface area contributed by atoms with Crippen molar-refractivity contribution in [2.75, 3.05) is 6.61 Å². The molecule has 21 heavy (non-hydrogen) atoms. The average Bonchev–Trinajstić information content (AvgIpc) is 2.54. The molecule has 1 unspecified atom stereocenters. The molecule has 0 N–H and O–H groups in total. The van der Waals surface area contributed by atoms with Crippen LogP contribution in [0.1, 0.15) is 49.9 Å². The zero-order chi connectivity index (χ0) is 15.2. The van der Waals surface area contributed by atoms with Gasteiger partial charge >= 0.3 is 5.97 Å². The van der Waals surface area contributed by atoms with Crippen LogP contribution in [0.3, 0.4) is 0 Å². The molecule has 1 aromatic carbocycles. The van der Waals surface area contributed by atoms with Crippen LogP contribution in [-0.2, 0) is 9.53 Å². The van der Waals surface area contributed by atoms with Crippen LogP contribution in [0.2, 0.25) is 0 Å². The van der Waals surface area contributed by atoms with Crippen LogP contribution < -0.4 is 0 Å². The number of Topliss-reactive ketones (excluding diaryl/α,β-unsaturated/α-hetero) is 1. The van der Waals surface area contributed by atoms with Crippen molar-refractivity contribution < 1.29 is 14.3 Å². The normalized spacial score (nSPS) is 20.8. The molecular weight excluding hydrogens is 264 g/mol. The molecule has 0 spiro atoms. The number of ether oxygens (including phenoxy) is 1. The van der Waals surface area contributed by atoms with Crippen LogP contribution in [-0.4, -0.2) is 18.4 Å². The predicted octanol–water partition coefficient (Wildman–Crippen LogP) is 3.94. The van der Waals surface area contributed by atoms with Crippen molar-refractivity contribution in [2.24, 2.45) is 5.92 Å². The van der Waals surface area contributed by atoms with Gasteiger partial charge in [0.15, 0.2) is 5.78 Å². The minimum absolute atomic E-state index is 0.0134. The summed E-state index contributed by atoms with van der Waals surface area (Å²) in [6, 6.07) is 9.40. The third-order valence-electron chi connectivity index (χ3n) is 4.06. The third-order valence-corrected chi connectivity index (χ3v) is 4.06. The van der Waals surface area contributed by atoms with Gasteiger partial charge in [-0.05, 0) is 39.5 Å². The second-order valence-corrected chi connectivity index (χ2v) is 5.47. The molecule has 0 radical (unpaired) electrons. The van der Waals surface area contributed by atoms with Crippen molar-refractivity contribution in [3.05, 3.63) is 47.0 Å². The Morgan fingerprint density at radius 3 is 2.62 bits per heavy atom. The lowest BCUT2D eigenvalue weighted by molar-refractivity contribution is -0.138. The topological polar surface area (TPSA) is 43.4 Å². The molecule has 1 atom stereocenters. The number of carbonyl (C=O) groups is 2. The smallest absolute Gasteiger partial charge is 0.333 e. The third kappa shape index (κ3) is 3.81. The van der Waals surface area contributed by atoms with Gasteiger partial charge in [-0.2, -0.15) is 0 Å². The highest BCUT2D eigenvalue weighted by molar-refractivity contribution is 5.98. The second-order valence-electron chi connectivity index (χ2n) is 5.47. The van der Waals surface area contributed by atoms with Crippen LogP contribution in [0.5, 0.6) is 0 Å². The van der Waals surface area contributed by atoms with Crippen LogP contribution in [0.25, 0.3) is 0 Å². The molecule has 0 saturated heterocycles. The zero-order valence-electron chi connectivity index (χ0n) is 12.7. The van der Waals surface area contributed by atoms with E-state index in [-0.39, 0.29) is 17.7 Å². The Bertz CT molecular complexity index is 543. The molecule has 0 aliphatic heterocycles. The van der Waals surface area contributed by atoms with Crippen LogP contribution in [0.15, 0.2) is 41.5 Å². The van der Waals surface area contributed by atoms with Crippen LogP contribution in [0, 0.1) is 5.92 Å². The van der Waals surface area contributed by atoms with E-state index in [0.29, 0.717) is 18.6 Å².